The van der Waals surface area contributed by atoms with Gasteiger partial charge in [-0.2, -0.15) is 0 Å². The van der Waals surface area contributed by atoms with Crippen LogP contribution in [-0.2, 0) is 0 Å². The van der Waals surface area contributed by atoms with Gasteiger partial charge in [0.15, 0.2) is 0 Å². The van der Waals surface area contributed by atoms with Gasteiger partial charge < -0.3 is 5.32 Å². The minimum absolute atomic E-state index is 0.484. The molecular weight excluding hydrogens is 182 g/mol. The third-order valence-electron chi connectivity index (χ3n) is 2.84. The van der Waals surface area contributed by atoms with E-state index < -0.39 is 0 Å². The average Bonchev–Trinajstić information content (AvgIpc) is 2.13. The Bertz CT molecular complexity index is 155. The van der Waals surface area contributed by atoms with Crippen molar-refractivity contribution in [3.8, 4) is 0 Å². The molecule has 0 radical (unpaired) electrons. The predicted octanol–water partition coefficient (Wildman–Crippen LogP) is 4.35. The molecule has 1 atom stereocenters. The van der Waals surface area contributed by atoms with Gasteiger partial charge in [0.25, 0.3) is 0 Å². The van der Waals surface area contributed by atoms with Crippen LogP contribution in [0.4, 0.5) is 0 Å². The molecule has 0 saturated carbocycles. The molecule has 0 aliphatic carbocycles. The van der Waals surface area contributed by atoms with E-state index in [0.29, 0.717) is 5.41 Å². The summed E-state index contributed by atoms with van der Waals surface area (Å²) in [5, 5.41) is 3.20. The van der Waals surface area contributed by atoms with Crippen molar-refractivity contribution < 1.29 is 0 Å². The van der Waals surface area contributed by atoms with Crippen LogP contribution in [0, 0.1) is 11.3 Å². The maximum Gasteiger partial charge on any atom is 0.0143 e. The maximum absolute atomic E-state index is 3.68. The Labute approximate surface area is 96.3 Å². The monoisotopic (exact) mass is 211 g/mol. The summed E-state index contributed by atoms with van der Waals surface area (Å²) in [7, 11) is 0. The standard InChI is InChI=1S/C14H29N/c1-6-8-13(10-12-15-7-2)9-11-14(3,4)5/h7,13,15H,2,6,8-12H2,1,3-5H3. The zero-order valence-corrected chi connectivity index (χ0v) is 11.1. The van der Waals surface area contributed by atoms with Crippen LogP contribution in [0.1, 0.15) is 59.8 Å². The van der Waals surface area contributed by atoms with E-state index in [9.17, 15) is 0 Å². The smallest absolute Gasteiger partial charge is 0.0143 e. The van der Waals surface area contributed by atoms with E-state index in [1.54, 1.807) is 6.20 Å². The Kier molecular flexibility index (Phi) is 7.54. The Morgan fingerprint density at radius 3 is 2.33 bits per heavy atom. The molecule has 0 fully saturated rings. The molecule has 0 aromatic carbocycles. The average molecular weight is 211 g/mol. The number of rotatable bonds is 8. The SMILES string of the molecule is C=CNCCC(CCC)CCC(C)(C)C. The van der Waals surface area contributed by atoms with Gasteiger partial charge in [-0.15, -0.1) is 0 Å². The molecule has 1 unspecified atom stereocenters. The third-order valence-corrected chi connectivity index (χ3v) is 2.84. The lowest BCUT2D eigenvalue weighted by atomic mass is 9.84. The second kappa shape index (κ2) is 7.78. The molecule has 15 heavy (non-hydrogen) atoms. The Balaban J connectivity index is 3.77. The van der Waals surface area contributed by atoms with Gasteiger partial charge in [-0.3, -0.25) is 0 Å². The van der Waals surface area contributed by atoms with Crippen molar-refractivity contribution in [1.82, 2.24) is 5.32 Å². The van der Waals surface area contributed by atoms with Crippen LogP contribution in [0.15, 0.2) is 12.8 Å². The molecule has 0 aliphatic heterocycles. The molecule has 0 rings (SSSR count). The highest BCUT2D eigenvalue weighted by molar-refractivity contribution is 4.69. The molecule has 0 aliphatic rings. The second-order valence-electron chi connectivity index (χ2n) is 5.70. The van der Waals surface area contributed by atoms with E-state index in [2.05, 4.69) is 39.6 Å². The molecule has 90 valence electrons. The predicted molar refractivity (Wildman–Crippen MR) is 69.9 cm³/mol. The topological polar surface area (TPSA) is 12.0 Å². The molecule has 0 heterocycles. The summed E-state index contributed by atoms with van der Waals surface area (Å²) in [5.74, 6) is 0.890. The molecule has 0 bridgehead atoms. The molecule has 0 amide bonds. The molecular formula is C14H29N. The van der Waals surface area contributed by atoms with Crippen LogP contribution < -0.4 is 5.32 Å². The third kappa shape index (κ3) is 9.84. The summed E-state index contributed by atoms with van der Waals surface area (Å²) < 4.78 is 0. The van der Waals surface area contributed by atoms with Gasteiger partial charge >= 0.3 is 0 Å². The first-order chi connectivity index (χ1) is 6.99. The minimum Gasteiger partial charge on any atom is -0.391 e. The Hall–Kier alpha value is -0.460. The molecule has 1 N–H and O–H groups in total. The maximum atomic E-state index is 3.68. The second-order valence-corrected chi connectivity index (χ2v) is 5.70. The van der Waals surface area contributed by atoms with Gasteiger partial charge in [-0.25, -0.2) is 0 Å². The zero-order valence-electron chi connectivity index (χ0n) is 11.1. The van der Waals surface area contributed by atoms with E-state index in [1.807, 2.05) is 0 Å². The summed E-state index contributed by atoms with van der Waals surface area (Å²) in [6.07, 6.45) is 8.47. The highest BCUT2D eigenvalue weighted by atomic mass is 14.8. The van der Waals surface area contributed by atoms with Crippen molar-refractivity contribution in [1.29, 1.82) is 0 Å². The summed E-state index contributed by atoms with van der Waals surface area (Å²) >= 11 is 0. The van der Waals surface area contributed by atoms with Crippen LogP contribution in [0.2, 0.25) is 0 Å². The lowest BCUT2D eigenvalue weighted by Crippen LogP contribution is -2.15. The van der Waals surface area contributed by atoms with Crippen molar-refractivity contribution in [2.24, 2.45) is 11.3 Å². The summed E-state index contributed by atoms with van der Waals surface area (Å²) in [5.41, 5.74) is 0.484. The van der Waals surface area contributed by atoms with Gasteiger partial charge in [0.1, 0.15) is 0 Å². The lowest BCUT2D eigenvalue weighted by Gasteiger charge is -2.23. The molecule has 0 saturated heterocycles. The van der Waals surface area contributed by atoms with Crippen molar-refractivity contribution >= 4 is 0 Å². The number of nitrogens with one attached hydrogen (secondary N) is 1. The van der Waals surface area contributed by atoms with Gasteiger partial charge in [-0.05, 0) is 36.8 Å². The van der Waals surface area contributed by atoms with Gasteiger partial charge in [0.05, 0.1) is 0 Å². The van der Waals surface area contributed by atoms with Crippen LogP contribution >= 0.6 is 0 Å². The first-order valence-corrected chi connectivity index (χ1v) is 6.34. The van der Waals surface area contributed by atoms with Crippen molar-refractivity contribution in [2.45, 2.75) is 59.8 Å². The van der Waals surface area contributed by atoms with E-state index >= 15 is 0 Å². The van der Waals surface area contributed by atoms with E-state index in [1.165, 1.54) is 32.1 Å². The summed E-state index contributed by atoms with van der Waals surface area (Å²) in [6, 6.07) is 0. The van der Waals surface area contributed by atoms with Crippen molar-refractivity contribution in [2.75, 3.05) is 6.54 Å². The largest absolute Gasteiger partial charge is 0.391 e. The number of hydrogen-bond donors (Lipinski definition) is 1. The van der Waals surface area contributed by atoms with Gasteiger partial charge in [0.2, 0.25) is 0 Å². The summed E-state index contributed by atoms with van der Waals surface area (Å²) in [4.78, 5) is 0. The fourth-order valence-corrected chi connectivity index (χ4v) is 1.87. The normalized spacial score (nSPS) is 13.6. The first-order valence-electron chi connectivity index (χ1n) is 6.34. The van der Waals surface area contributed by atoms with Crippen molar-refractivity contribution in [3.05, 3.63) is 12.8 Å². The molecule has 0 spiro atoms. The van der Waals surface area contributed by atoms with E-state index in [4.69, 9.17) is 0 Å². The van der Waals surface area contributed by atoms with Crippen LogP contribution in [-0.4, -0.2) is 6.54 Å². The molecule has 1 nitrogen and oxygen atoms in total. The van der Waals surface area contributed by atoms with Gasteiger partial charge in [-0.1, -0.05) is 47.1 Å². The summed E-state index contributed by atoms with van der Waals surface area (Å²) in [6.45, 7) is 14.0. The highest BCUT2D eigenvalue weighted by Gasteiger charge is 2.14. The molecule has 0 aromatic heterocycles. The van der Waals surface area contributed by atoms with E-state index in [-0.39, 0.29) is 0 Å². The zero-order chi connectivity index (χ0) is 11.7. The highest BCUT2D eigenvalue weighted by Crippen LogP contribution is 2.26. The first kappa shape index (κ1) is 14.5. The minimum atomic E-state index is 0.484. The Morgan fingerprint density at radius 2 is 1.87 bits per heavy atom. The molecule has 0 aromatic rings. The van der Waals surface area contributed by atoms with Crippen LogP contribution in [0.25, 0.3) is 0 Å². The Morgan fingerprint density at radius 1 is 1.20 bits per heavy atom. The molecule has 1 heteroatoms. The lowest BCUT2D eigenvalue weighted by molar-refractivity contribution is 0.302. The van der Waals surface area contributed by atoms with Gasteiger partial charge in [0, 0.05) is 6.54 Å². The fourth-order valence-electron chi connectivity index (χ4n) is 1.87. The van der Waals surface area contributed by atoms with Crippen molar-refractivity contribution in [3.63, 3.8) is 0 Å². The van der Waals surface area contributed by atoms with Crippen LogP contribution in [0.5, 0.6) is 0 Å². The van der Waals surface area contributed by atoms with Crippen LogP contribution in [0.3, 0.4) is 0 Å². The van der Waals surface area contributed by atoms with E-state index in [0.717, 1.165) is 12.5 Å². The quantitative estimate of drug-likeness (QED) is 0.588. The number of hydrogen-bond acceptors (Lipinski definition) is 1. The fraction of sp³-hybridized carbons (Fsp3) is 0.857.